The molecule has 4 rings (SSSR count). The minimum Gasteiger partial charge on any atom is -0.323 e. The second kappa shape index (κ2) is 10.2. The third-order valence-corrected chi connectivity index (χ3v) is 7.46. The number of anilines is 2. The van der Waals surface area contributed by atoms with Gasteiger partial charge in [-0.25, -0.2) is 9.78 Å². The summed E-state index contributed by atoms with van der Waals surface area (Å²) in [7, 11) is 0. The topological polar surface area (TPSA) is 82.6 Å². The van der Waals surface area contributed by atoms with Crippen molar-refractivity contribution < 1.29 is 14.4 Å². The SMILES string of the molecule is CCCC1(CCC)NC(=O)N(CC(=O)N(c2ccc(C(C)C)cc2)c2nc3ccccc3s2)C1=O. The number of thiazole rings is 1. The number of imide groups is 1. The van der Waals surface area contributed by atoms with Gasteiger partial charge in [-0.2, -0.15) is 0 Å². The van der Waals surface area contributed by atoms with Gasteiger partial charge in [0.2, 0.25) is 0 Å². The first kappa shape index (κ1) is 24.9. The lowest BCUT2D eigenvalue weighted by Crippen LogP contribution is -2.47. The molecule has 2 aromatic carbocycles. The molecular weight excluding hydrogens is 460 g/mol. The highest BCUT2D eigenvalue weighted by Crippen LogP contribution is 2.35. The molecule has 0 spiro atoms. The van der Waals surface area contributed by atoms with E-state index in [2.05, 4.69) is 24.1 Å². The van der Waals surface area contributed by atoms with E-state index in [0.717, 1.165) is 33.5 Å². The largest absolute Gasteiger partial charge is 0.325 e. The van der Waals surface area contributed by atoms with Crippen molar-refractivity contribution >= 4 is 50.2 Å². The number of aromatic nitrogens is 1. The van der Waals surface area contributed by atoms with Crippen molar-refractivity contribution in [3.8, 4) is 0 Å². The summed E-state index contributed by atoms with van der Waals surface area (Å²) < 4.78 is 0.957. The number of benzene rings is 2. The maximum atomic E-state index is 13.7. The lowest BCUT2D eigenvalue weighted by atomic mass is 9.88. The third-order valence-electron chi connectivity index (χ3n) is 6.43. The fourth-order valence-electron chi connectivity index (χ4n) is 4.67. The van der Waals surface area contributed by atoms with Gasteiger partial charge in [-0.15, -0.1) is 0 Å². The Morgan fingerprint density at radius 1 is 1.06 bits per heavy atom. The van der Waals surface area contributed by atoms with Crippen LogP contribution >= 0.6 is 11.3 Å². The monoisotopic (exact) mass is 492 g/mol. The lowest BCUT2D eigenvalue weighted by Gasteiger charge is -2.26. The second-order valence-electron chi connectivity index (χ2n) is 9.34. The Morgan fingerprint density at radius 3 is 2.31 bits per heavy atom. The average molecular weight is 493 g/mol. The number of fused-ring (bicyclic) bond motifs is 1. The third kappa shape index (κ3) is 4.80. The van der Waals surface area contributed by atoms with Gasteiger partial charge in [-0.1, -0.05) is 76.1 Å². The van der Waals surface area contributed by atoms with Crippen molar-refractivity contribution in [3.05, 3.63) is 54.1 Å². The Morgan fingerprint density at radius 2 is 1.71 bits per heavy atom. The van der Waals surface area contributed by atoms with Gasteiger partial charge in [-0.05, 0) is 48.6 Å². The van der Waals surface area contributed by atoms with Crippen molar-refractivity contribution in [2.75, 3.05) is 11.4 Å². The summed E-state index contributed by atoms with van der Waals surface area (Å²) in [5.41, 5.74) is 1.67. The van der Waals surface area contributed by atoms with Gasteiger partial charge in [-0.3, -0.25) is 19.4 Å². The summed E-state index contributed by atoms with van der Waals surface area (Å²) in [4.78, 5) is 47.2. The number of amides is 4. The number of carbonyl (C=O) groups is 3. The molecular formula is C27H32N4O3S. The van der Waals surface area contributed by atoms with E-state index < -0.39 is 11.6 Å². The molecule has 8 heteroatoms. The van der Waals surface area contributed by atoms with Crippen molar-refractivity contribution in [2.24, 2.45) is 0 Å². The van der Waals surface area contributed by atoms with E-state index in [-0.39, 0.29) is 18.4 Å². The molecule has 35 heavy (non-hydrogen) atoms. The van der Waals surface area contributed by atoms with Crippen LogP contribution in [-0.4, -0.2) is 39.8 Å². The molecule has 0 aliphatic carbocycles. The lowest BCUT2D eigenvalue weighted by molar-refractivity contribution is -0.134. The average Bonchev–Trinajstić information content (AvgIpc) is 3.34. The molecule has 1 fully saturated rings. The van der Waals surface area contributed by atoms with E-state index in [1.54, 1.807) is 0 Å². The summed E-state index contributed by atoms with van der Waals surface area (Å²) >= 11 is 1.40. The first-order valence-electron chi connectivity index (χ1n) is 12.2. The molecule has 0 unspecified atom stereocenters. The van der Waals surface area contributed by atoms with Crippen LogP contribution in [0.4, 0.5) is 15.6 Å². The summed E-state index contributed by atoms with van der Waals surface area (Å²) in [6, 6.07) is 15.0. The van der Waals surface area contributed by atoms with E-state index in [9.17, 15) is 14.4 Å². The van der Waals surface area contributed by atoms with Gasteiger partial charge in [0.1, 0.15) is 12.1 Å². The van der Waals surface area contributed by atoms with Crippen LogP contribution in [0.15, 0.2) is 48.5 Å². The quantitative estimate of drug-likeness (QED) is 0.373. The fourth-order valence-corrected chi connectivity index (χ4v) is 5.67. The van der Waals surface area contributed by atoms with E-state index in [1.807, 2.05) is 62.4 Å². The van der Waals surface area contributed by atoms with Crippen LogP contribution in [0.2, 0.25) is 0 Å². The van der Waals surface area contributed by atoms with Crippen molar-refractivity contribution in [1.82, 2.24) is 15.2 Å². The highest BCUT2D eigenvalue weighted by Gasteiger charge is 2.50. The van der Waals surface area contributed by atoms with Crippen molar-refractivity contribution in [1.29, 1.82) is 0 Å². The van der Waals surface area contributed by atoms with Crippen LogP contribution in [0.25, 0.3) is 10.2 Å². The van der Waals surface area contributed by atoms with Gasteiger partial charge in [0, 0.05) is 0 Å². The normalized spacial score (nSPS) is 15.2. The van der Waals surface area contributed by atoms with Crippen molar-refractivity contribution in [2.45, 2.75) is 64.8 Å². The highest BCUT2D eigenvalue weighted by atomic mass is 32.1. The number of para-hydroxylation sites is 1. The van der Waals surface area contributed by atoms with E-state index in [0.29, 0.717) is 29.6 Å². The van der Waals surface area contributed by atoms with Crippen LogP contribution < -0.4 is 10.2 Å². The van der Waals surface area contributed by atoms with Gasteiger partial charge < -0.3 is 5.32 Å². The molecule has 0 saturated carbocycles. The molecule has 0 radical (unpaired) electrons. The molecule has 3 aromatic rings. The maximum Gasteiger partial charge on any atom is 0.325 e. The van der Waals surface area contributed by atoms with E-state index in [1.165, 1.54) is 16.2 Å². The number of carbonyl (C=O) groups excluding carboxylic acids is 3. The van der Waals surface area contributed by atoms with Crippen LogP contribution in [0, 0.1) is 0 Å². The van der Waals surface area contributed by atoms with Crippen LogP contribution in [0.1, 0.15) is 64.9 Å². The molecule has 1 saturated heterocycles. The van der Waals surface area contributed by atoms with Crippen LogP contribution in [-0.2, 0) is 9.59 Å². The molecule has 1 aliphatic heterocycles. The first-order valence-corrected chi connectivity index (χ1v) is 13.0. The van der Waals surface area contributed by atoms with E-state index in [4.69, 9.17) is 0 Å². The molecule has 7 nitrogen and oxygen atoms in total. The zero-order valence-corrected chi connectivity index (χ0v) is 21.5. The second-order valence-corrected chi connectivity index (χ2v) is 10.4. The minimum absolute atomic E-state index is 0.320. The maximum absolute atomic E-state index is 13.7. The van der Waals surface area contributed by atoms with Crippen LogP contribution in [0.5, 0.6) is 0 Å². The summed E-state index contributed by atoms with van der Waals surface area (Å²) in [6.45, 7) is 7.85. The zero-order valence-electron chi connectivity index (χ0n) is 20.7. The Labute approximate surface area is 210 Å². The van der Waals surface area contributed by atoms with Crippen molar-refractivity contribution in [3.63, 3.8) is 0 Å². The fraction of sp³-hybridized carbons (Fsp3) is 0.407. The summed E-state index contributed by atoms with van der Waals surface area (Å²) in [5, 5.41) is 3.40. The highest BCUT2D eigenvalue weighted by molar-refractivity contribution is 7.22. The molecule has 184 valence electrons. The van der Waals surface area contributed by atoms with Gasteiger partial charge >= 0.3 is 6.03 Å². The van der Waals surface area contributed by atoms with Gasteiger partial charge in [0.05, 0.1) is 15.9 Å². The smallest absolute Gasteiger partial charge is 0.323 e. The Kier molecular flexibility index (Phi) is 7.21. The summed E-state index contributed by atoms with van der Waals surface area (Å²) in [5.74, 6) is -0.348. The molecule has 2 heterocycles. The van der Waals surface area contributed by atoms with Crippen LogP contribution in [0.3, 0.4) is 0 Å². The number of nitrogens with one attached hydrogen (secondary N) is 1. The van der Waals surface area contributed by atoms with E-state index >= 15 is 0 Å². The Balaban J connectivity index is 1.69. The molecule has 0 atom stereocenters. The predicted molar refractivity (Wildman–Crippen MR) is 140 cm³/mol. The number of urea groups is 1. The number of rotatable bonds is 9. The predicted octanol–water partition coefficient (Wildman–Crippen LogP) is 5.98. The van der Waals surface area contributed by atoms with Gasteiger partial charge in [0.15, 0.2) is 5.13 Å². The molecule has 1 N–H and O–H groups in total. The Bertz CT molecular complexity index is 1200. The first-order chi connectivity index (χ1) is 16.8. The molecule has 4 amide bonds. The summed E-state index contributed by atoms with van der Waals surface area (Å²) in [6.07, 6.45) is 2.62. The standard InChI is InChI=1S/C27H32N4O3S/c1-5-15-27(16-6-2)24(33)30(25(34)29-27)17-23(32)31(20-13-11-19(12-14-20)18(3)4)26-28-21-9-7-8-10-22(21)35-26/h7-14,18H,5-6,15-17H2,1-4H3,(H,29,34). The number of nitrogens with zero attached hydrogens (tertiary/aromatic N) is 3. The molecule has 1 aliphatic rings. The minimum atomic E-state index is -0.930. The van der Waals surface area contributed by atoms with Gasteiger partial charge in [0.25, 0.3) is 11.8 Å². The molecule has 0 bridgehead atoms. The number of hydrogen-bond donors (Lipinski definition) is 1. The zero-order chi connectivity index (χ0) is 25.2. The Hall–Kier alpha value is -3.26. The number of hydrogen-bond acceptors (Lipinski definition) is 5. The molecule has 1 aromatic heterocycles.